The van der Waals surface area contributed by atoms with Crippen molar-refractivity contribution in [2.45, 2.75) is 31.7 Å². The molecule has 114 valence electrons. The molecule has 2 aromatic rings. The van der Waals surface area contributed by atoms with Crippen molar-refractivity contribution in [3.63, 3.8) is 0 Å². The summed E-state index contributed by atoms with van der Waals surface area (Å²) in [7, 11) is -2.02. The summed E-state index contributed by atoms with van der Waals surface area (Å²) < 4.78 is 32.6. The van der Waals surface area contributed by atoms with Crippen LogP contribution < -0.4 is 10.0 Å². The maximum absolute atomic E-state index is 12.3. The van der Waals surface area contributed by atoms with Gasteiger partial charge in [0.2, 0.25) is 16.0 Å². The first-order valence-corrected chi connectivity index (χ1v) is 7.91. The molecule has 0 aliphatic heterocycles. The molecule has 0 saturated carbocycles. The highest BCUT2D eigenvalue weighted by Crippen LogP contribution is 2.23. The summed E-state index contributed by atoms with van der Waals surface area (Å²) in [4.78, 5) is 7.83. The minimum atomic E-state index is -3.68. The molecule has 0 amide bonds. The van der Waals surface area contributed by atoms with E-state index in [-0.39, 0.29) is 4.90 Å². The average molecular weight is 310 g/mol. The second-order valence-electron chi connectivity index (χ2n) is 4.70. The lowest BCUT2D eigenvalue weighted by molar-refractivity contribution is 0.496. The lowest BCUT2D eigenvalue weighted by atomic mass is 10.1. The van der Waals surface area contributed by atoms with Crippen LogP contribution in [0, 0.1) is 13.8 Å². The third-order valence-electron chi connectivity index (χ3n) is 3.04. The molecule has 2 N–H and O–H groups in total. The second kappa shape index (κ2) is 5.82. The molecule has 0 aromatic carbocycles. The van der Waals surface area contributed by atoms with Gasteiger partial charge in [-0.2, -0.15) is 0 Å². The fourth-order valence-electron chi connectivity index (χ4n) is 2.03. The van der Waals surface area contributed by atoms with Crippen molar-refractivity contribution in [1.29, 1.82) is 0 Å². The summed E-state index contributed by atoms with van der Waals surface area (Å²) in [5.41, 5.74) is 0.809. The topological polar surface area (TPSA) is 97.1 Å². The van der Waals surface area contributed by atoms with Crippen molar-refractivity contribution in [2.75, 3.05) is 12.4 Å². The number of furan rings is 1. The number of nitrogens with one attached hydrogen (secondary N) is 2. The molecule has 2 heterocycles. The number of hydrogen-bond donors (Lipinski definition) is 2. The number of aryl methyl sites for hydroxylation is 2. The predicted octanol–water partition coefficient (Wildman–Crippen LogP) is 1.77. The van der Waals surface area contributed by atoms with Crippen molar-refractivity contribution >= 4 is 16.0 Å². The van der Waals surface area contributed by atoms with E-state index in [1.807, 2.05) is 13.0 Å². The molecule has 0 radical (unpaired) electrons. The van der Waals surface area contributed by atoms with E-state index < -0.39 is 16.1 Å². The maximum Gasteiger partial charge on any atom is 0.244 e. The van der Waals surface area contributed by atoms with Crippen LogP contribution in [-0.4, -0.2) is 25.4 Å². The average Bonchev–Trinajstić information content (AvgIpc) is 2.77. The lowest BCUT2D eigenvalue weighted by Gasteiger charge is -2.13. The minimum absolute atomic E-state index is 0.0196. The molecule has 21 heavy (non-hydrogen) atoms. The Bertz CT molecular complexity index is 722. The maximum atomic E-state index is 12.3. The number of rotatable bonds is 5. The third kappa shape index (κ3) is 3.40. The molecule has 0 aliphatic carbocycles. The van der Waals surface area contributed by atoms with E-state index in [2.05, 4.69) is 20.0 Å². The molecular formula is C13H18N4O3S. The number of hydrogen-bond acceptors (Lipinski definition) is 6. The van der Waals surface area contributed by atoms with Crippen molar-refractivity contribution < 1.29 is 12.8 Å². The third-order valence-corrected chi connectivity index (χ3v) is 4.54. The lowest BCUT2D eigenvalue weighted by Crippen LogP contribution is -2.27. The Morgan fingerprint density at radius 3 is 2.33 bits per heavy atom. The number of anilines is 1. The van der Waals surface area contributed by atoms with Crippen LogP contribution in [0.3, 0.4) is 0 Å². The highest BCUT2D eigenvalue weighted by atomic mass is 32.2. The van der Waals surface area contributed by atoms with Gasteiger partial charge >= 0.3 is 0 Å². The number of sulfonamides is 1. The normalized spacial score (nSPS) is 13.1. The first-order chi connectivity index (χ1) is 9.83. The van der Waals surface area contributed by atoms with Crippen LogP contribution in [0.1, 0.15) is 30.0 Å². The van der Waals surface area contributed by atoms with Gasteiger partial charge in [-0.3, -0.25) is 0 Å². The zero-order valence-electron chi connectivity index (χ0n) is 12.3. The standard InChI is InChI=1S/C13H18N4O3S/c1-8-5-12(10(3)20-8)9(2)17-21(18,19)11-6-15-13(14-4)16-7-11/h5-7,9,17H,1-4H3,(H,14,15,16). The Hall–Kier alpha value is -1.93. The first kappa shape index (κ1) is 15.5. The van der Waals surface area contributed by atoms with Gasteiger partial charge in [0.25, 0.3) is 0 Å². The van der Waals surface area contributed by atoms with E-state index in [1.54, 1.807) is 20.9 Å². The number of nitrogens with zero attached hydrogens (tertiary/aromatic N) is 2. The Morgan fingerprint density at radius 2 is 1.86 bits per heavy atom. The van der Waals surface area contributed by atoms with Gasteiger partial charge in [-0.1, -0.05) is 0 Å². The largest absolute Gasteiger partial charge is 0.466 e. The summed E-state index contributed by atoms with van der Waals surface area (Å²) in [6.07, 6.45) is 2.53. The molecule has 0 spiro atoms. The van der Waals surface area contributed by atoms with Crippen molar-refractivity contribution in [1.82, 2.24) is 14.7 Å². The summed E-state index contributed by atoms with van der Waals surface area (Å²) in [5.74, 6) is 1.81. The monoisotopic (exact) mass is 310 g/mol. The van der Waals surface area contributed by atoms with Crippen molar-refractivity contribution in [2.24, 2.45) is 0 Å². The second-order valence-corrected chi connectivity index (χ2v) is 6.42. The van der Waals surface area contributed by atoms with Crippen LogP contribution in [0.25, 0.3) is 0 Å². The summed E-state index contributed by atoms with van der Waals surface area (Å²) in [5, 5.41) is 2.73. The molecule has 0 aliphatic rings. The smallest absolute Gasteiger partial charge is 0.244 e. The molecule has 7 nitrogen and oxygen atoms in total. The molecule has 8 heteroatoms. The molecule has 0 bridgehead atoms. The van der Waals surface area contributed by atoms with Gasteiger partial charge in [0.1, 0.15) is 16.4 Å². The highest BCUT2D eigenvalue weighted by molar-refractivity contribution is 7.89. The predicted molar refractivity (Wildman–Crippen MR) is 78.5 cm³/mol. The van der Waals surface area contributed by atoms with Gasteiger partial charge in [0.05, 0.1) is 12.4 Å². The first-order valence-electron chi connectivity index (χ1n) is 6.42. The van der Waals surface area contributed by atoms with Crippen LogP contribution in [0.2, 0.25) is 0 Å². The van der Waals surface area contributed by atoms with Gasteiger partial charge < -0.3 is 9.73 Å². The van der Waals surface area contributed by atoms with Gasteiger partial charge in [0, 0.05) is 18.7 Å². The fraction of sp³-hybridized carbons (Fsp3) is 0.385. The summed E-state index contributed by atoms with van der Waals surface area (Å²) in [6.45, 7) is 5.39. The van der Waals surface area contributed by atoms with E-state index in [0.717, 1.165) is 11.3 Å². The van der Waals surface area contributed by atoms with Crippen LogP contribution in [0.4, 0.5) is 5.95 Å². The van der Waals surface area contributed by atoms with Gasteiger partial charge in [-0.25, -0.2) is 23.1 Å². The molecule has 0 fully saturated rings. The highest BCUT2D eigenvalue weighted by Gasteiger charge is 2.21. The molecular weight excluding hydrogens is 292 g/mol. The van der Waals surface area contributed by atoms with E-state index in [1.165, 1.54) is 12.4 Å². The SMILES string of the molecule is CNc1ncc(S(=O)(=O)NC(C)c2cc(C)oc2C)cn1. The van der Waals surface area contributed by atoms with E-state index >= 15 is 0 Å². The van der Waals surface area contributed by atoms with Crippen LogP contribution in [0.5, 0.6) is 0 Å². The van der Waals surface area contributed by atoms with Crippen LogP contribution in [-0.2, 0) is 10.0 Å². The van der Waals surface area contributed by atoms with Crippen LogP contribution in [0.15, 0.2) is 27.8 Å². The van der Waals surface area contributed by atoms with Crippen molar-refractivity contribution in [3.05, 3.63) is 35.5 Å². The Balaban J connectivity index is 2.22. The van der Waals surface area contributed by atoms with Gasteiger partial charge in [-0.15, -0.1) is 0 Å². The Labute approximate surface area is 123 Å². The Morgan fingerprint density at radius 1 is 1.24 bits per heavy atom. The minimum Gasteiger partial charge on any atom is -0.466 e. The summed E-state index contributed by atoms with van der Waals surface area (Å²) >= 11 is 0. The fourth-order valence-corrected chi connectivity index (χ4v) is 3.14. The molecule has 1 atom stereocenters. The van der Waals surface area contributed by atoms with Gasteiger partial charge in [0.15, 0.2) is 0 Å². The van der Waals surface area contributed by atoms with E-state index in [4.69, 9.17) is 4.42 Å². The quantitative estimate of drug-likeness (QED) is 0.873. The van der Waals surface area contributed by atoms with Crippen molar-refractivity contribution in [3.8, 4) is 0 Å². The van der Waals surface area contributed by atoms with E-state index in [0.29, 0.717) is 11.7 Å². The van der Waals surface area contributed by atoms with E-state index in [9.17, 15) is 8.42 Å². The zero-order chi connectivity index (χ0) is 15.6. The number of aromatic nitrogens is 2. The Kier molecular flexibility index (Phi) is 4.29. The van der Waals surface area contributed by atoms with Crippen LogP contribution >= 0.6 is 0 Å². The molecule has 1 unspecified atom stereocenters. The molecule has 0 saturated heterocycles. The zero-order valence-corrected chi connectivity index (χ0v) is 13.2. The van der Waals surface area contributed by atoms with Gasteiger partial charge in [-0.05, 0) is 26.8 Å². The summed E-state index contributed by atoms with van der Waals surface area (Å²) in [6, 6.07) is 1.42. The molecule has 2 rings (SSSR count). The molecule has 2 aromatic heterocycles.